The molecule has 2 rings (SSSR count). The molecule has 10 heteroatoms. The maximum Gasteiger partial charge on any atom is 0.418 e. The predicted octanol–water partition coefficient (Wildman–Crippen LogP) is 4.25. The zero-order chi connectivity index (χ0) is 23.2. The summed E-state index contributed by atoms with van der Waals surface area (Å²) in [5, 5.41) is 2.93. The zero-order valence-corrected chi connectivity index (χ0v) is 18.7. The molecule has 2 amide bonds. The average Bonchev–Trinajstić information content (AvgIpc) is 2.70. The monoisotopic (exact) mass is 454 g/mol. The van der Waals surface area contributed by atoms with E-state index in [0.29, 0.717) is 11.6 Å². The van der Waals surface area contributed by atoms with Gasteiger partial charge in [-0.25, -0.2) is 9.97 Å². The SMILES string of the molecule is CCN(CC(=O)Nc1ccccc1C(F)(F)F)C(=O)CCc1c(C)nc(SC)nc1C. The molecule has 0 saturated heterocycles. The summed E-state index contributed by atoms with van der Waals surface area (Å²) in [6, 6.07) is 4.73. The van der Waals surface area contributed by atoms with Crippen molar-refractivity contribution in [1.29, 1.82) is 0 Å². The number of benzene rings is 1. The Hall–Kier alpha value is -2.62. The zero-order valence-electron chi connectivity index (χ0n) is 17.8. The topological polar surface area (TPSA) is 75.2 Å². The molecule has 2 aromatic rings. The molecule has 0 saturated carbocycles. The Bertz CT molecular complexity index is 927. The van der Waals surface area contributed by atoms with Crippen molar-refractivity contribution in [3.05, 3.63) is 46.8 Å². The van der Waals surface area contributed by atoms with Crippen LogP contribution in [0.4, 0.5) is 18.9 Å². The Morgan fingerprint density at radius 3 is 2.29 bits per heavy atom. The predicted molar refractivity (Wildman–Crippen MR) is 114 cm³/mol. The number of halogens is 3. The van der Waals surface area contributed by atoms with E-state index in [0.717, 1.165) is 23.0 Å². The van der Waals surface area contributed by atoms with Gasteiger partial charge < -0.3 is 10.2 Å². The highest BCUT2D eigenvalue weighted by Crippen LogP contribution is 2.34. The molecule has 0 aliphatic heterocycles. The van der Waals surface area contributed by atoms with Crippen molar-refractivity contribution in [1.82, 2.24) is 14.9 Å². The van der Waals surface area contributed by atoms with E-state index in [1.54, 1.807) is 6.92 Å². The van der Waals surface area contributed by atoms with E-state index in [1.165, 1.54) is 34.9 Å². The number of likely N-dealkylation sites (N-methyl/N-ethyl adjacent to an activating group) is 1. The molecule has 0 aliphatic carbocycles. The van der Waals surface area contributed by atoms with Gasteiger partial charge in [0.2, 0.25) is 11.8 Å². The number of amides is 2. The number of alkyl halides is 3. The minimum Gasteiger partial charge on any atom is -0.334 e. The number of nitrogens with zero attached hydrogens (tertiary/aromatic N) is 3. The fourth-order valence-corrected chi connectivity index (χ4v) is 3.59. The van der Waals surface area contributed by atoms with Gasteiger partial charge in [-0.1, -0.05) is 23.9 Å². The molecule has 0 aliphatic rings. The number of thioether (sulfide) groups is 1. The number of hydrogen-bond acceptors (Lipinski definition) is 5. The largest absolute Gasteiger partial charge is 0.418 e. The molecule has 31 heavy (non-hydrogen) atoms. The van der Waals surface area contributed by atoms with Crippen molar-refractivity contribution >= 4 is 29.3 Å². The van der Waals surface area contributed by atoms with Crippen LogP contribution < -0.4 is 5.32 Å². The Labute approximate surface area is 183 Å². The minimum absolute atomic E-state index is 0.143. The first-order valence-corrected chi connectivity index (χ1v) is 10.9. The van der Waals surface area contributed by atoms with Crippen LogP contribution in [0, 0.1) is 13.8 Å². The molecule has 0 fully saturated rings. The van der Waals surface area contributed by atoms with E-state index in [-0.39, 0.29) is 31.1 Å². The Morgan fingerprint density at radius 1 is 1.13 bits per heavy atom. The third-order valence-corrected chi connectivity index (χ3v) is 5.29. The minimum atomic E-state index is -4.59. The number of nitrogens with one attached hydrogen (secondary N) is 1. The molecule has 0 unspecified atom stereocenters. The van der Waals surface area contributed by atoms with Crippen molar-refractivity contribution < 1.29 is 22.8 Å². The smallest absolute Gasteiger partial charge is 0.334 e. The maximum atomic E-state index is 13.1. The second kappa shape index (κ2) is 10.6. The summed E-state index contributed by atoms with van der Waals surface area (Å²) in [5.41, 5.74) is 1.22. The van der Waals surface area contributed by atoms with Crippen LogP contribution in [0.2, 0.25) is 0 Å². The van der Waals surface area contributed by atoms with Gasteiger partial charge in [0.15, 0.2) is 5.16 Å². The second-order valence-corrected chi connectivity index (χ2v) is 7.63. The van der Waals surface area contributed by atoms with Crippen LogP contribution in [0.25, 0.3) is 0 Å². The lowest BCUT2D eigenvalue weighted by molar-refractivity contribution is -0.137. The van der Waals surface area contributed by atoms with Gasteiger partial charge in [0.1, 0.15) is 0 Å². The van der Waals surface area contributed by atoms with Gasteiger partial charge in [-0.15, -0.1) is 0 Å². The fourth-order valence-electron chi connectivity index (χ4n) is 3.13. The first-order chi connectivity index (χ1) is 14.6. The van der Waals surface area contributed by atoms with Gasteiger partial charge in [-0.3, -0.25) is 9.59 Å². The number of aryl methyl sites for hydroxylation is 2. The summed E-state index contributed by atoms with van der Waals surface area (Å²) < 4.78 is 39.3. The molecule has 1 aromatic carbocycles. The van der Waals surface area contributed by atoms with Crippen molar-refractivity contribution in [3.8, 4) is 0 Å². The van der Waals surface area contributed by atoms with Gasteiger partial charge in [0.25, 0.3) is 0 Å². The van der Waals surface area contributed by atoms with Crippen LogP contribution in [0.3, 0.4) is 0 Å². The third-order valence-electron chi connectivity index (χ3n) is 4.75. The quantitative estimate of drug-likeness (QED) is 0.477. The van der Waals surface area contributed by atoms with Crippen LogP contribution in [0.1, 0.15) is 35.9 Å². The number of rotatable bonds is 8. The number of hydrogen-bond donors (Lipinski definition) is 1. The van der Waals surface area contributed by atoms with E-state index in [1.807, 2.05) is 20.1 Å². The van der Waals surface area contributed by atoms with Crippen LogP contribution in [0.15, 0.2) is 29.4 Å². The van der Waals surface area contributed by atoms with Crippen molar-refractivity contribution in [2.45, 2.75) is 44.9 Å². The molecular weight excluding hydrogens is 429 g/mol. The van der Waals surface area contributed by atoms with Gasteiger partial charge >= 0.3 is 6.18 Å². The summed E-state index contributed by atoms with van der Waals surface area (Å²) in [7, 11) is 0. The maximum absolute atomic E-state index is 13.1. The Balaban J connectivity index is 2.02. The third kappa shape index (κ3) is 6.68. The van der Waals surface area contributed by atoms with E-state index >= 15 is 0 Å². The standard InChI is InChI=1S/C21H25F3N4O2S/c1-5-28(12-18(29)27-17-9-7-6-8-16(17)21(22,23)24)19(30)11-10-15-13(2)25-20(31-4)26-14(15)3/h6-9H,5,10-12H2,1-4H3,(H,27,29). The summed E-state index contributed by atoms with van der Waals surface area (Å²) in [6.45, 7) is 5.35. The summed E-state index contributed by atoms with van der Waals surface area (Å²) in [4.78, 5) is 35.0. The second-order valence-electron chi connectivity index (χ2n) is 6.86. The molecule has 6 nitrogen and oxygen atoms in total. The van der Waals surface area contributed by atoms with E-state index in [9.17, 15) is 22.8 Å². The van der Waals surface area contributed by atoms with Crippen molar-refractivity contribution in [2.24, 2.45) is 0 Å². The van der Waals surface area contributed by atoms with E-state index in [2.05, 4.69) is 15.3 Å². The first-order valence-electron chi connectivity index (χ1n) is 9.68. The molecule has 168 valence electrons. The molecule has 1 heterocycles. The molecule has 0 atom stereocenters. The van der Waals surface area contributed by atoms with Crippen LogP contribution in [-0.2, 0) is 22.2 Å². The van der Waals surface area contributed by atoms with Crippen LogP contribution in [-0.4, -0.2) is 46.0 Å². The Morgan fingerprint density at radius 2 is 1.74 bits per heavy atom. The lowest BCUT2D eigenvalue weighted by atomic mass is 10.1. The number of carbonyl (C=O) groups excluding carboxylic acids is 2. The van der Waals surface area contributed by atoms with E-state index in [4.69, 9.17) is 0 Å². The normalized spacial score (nSPS) is 11.3. The lowest BCUT2D eigenvalue weighted by Crippen LogP contribution is -2.38. The number of anilines is 1. The number of aromatic nitrogens is 2. The van der Waals surface area contributed by atoms with Gasteiger partial charge in [-0.2, -0.15) is 13.2 Å². The summed E-state index contributed by atoms with van der Waals surface area (Å²) >= 11 is 1.44. The molecule has 1 N–H and O–H groups in total. The van der Waals surface area contributed by atoms with Gasteiger partial charge in [0, 0.05) is 24.4 Å². The highest BCUT2D eigenvalue weighted by Gasteiger charge is 2.33. The lowest BCUT2D eigenvalue weighted by Gasteiger charge is -2.21. The Kier molecular flexibility index (Phi) is 8.43. The van der Waals surface area contributed by atoms with Gasteiger partial charge in [0.05, 0.1) is 17.8 Å². The number of para-hydroxylation sites is 1. The van der Waals surface area contributed by atoms with Crippen LogP contribution in [0.5, 0.6) is 0 Å². The molecule has 0 radical (unpaired) electrons. The molecule has 0 spiro atoms. The summed E-state index contributed by atoms with van der Waals surface area (Å²) in [5.74, 6) is -0.957. The number of carbonyl (C=O) groups is 2. The van der Waals surface area contributed by atoms with Crippen molar-refractivity contribution in [3.63, 3.8) is 0 Å². The van der Waals surface area contributed by atoms with Gasteiger partial charge in [-0.05, 0) is 51.1 Å². The molecule has 1 aromatic heterocycles. The summed E-state index contributed by atoms with van der Waals surface area (Å²) in [6.07, 6.45) is -2.15. The fraction of sp³-hybridized carbons (Fsp3) is 0.429. The highest BCUT2D eigenvalue weighted by molar-refractivity contribution is 7.98. The van der Waals surface area contributed by atoms with Crippen molar-refractivity contribution in [2.75, 3.05) is 24.7 Å². The average molecular weight is 455 g/mol. The van der Waals surface area contributed by atoms with Crippen LogP contribution >= 0.6 is 11.8 Å². The van der Waals surface area contributed by atoms with E-state index < -0.39 is 17.6 Å². The highest BCUT2D eigenvalue weighted by atomic mass is 32.2. The molecule has 0 bridgehead atoms. The molecular formula is C21H25F3N4O2S. The first kappa shape index (κ1) is 24.6.